The first-order chi connectivity index (χ1) is 20.5. The zero-order valence-corrected chi connectivity index (χ0v) is 24.7. The van der Waals surface area contributed by atoms with Crippen LogP contribution < -0.4 is 10.6 Å². The Bertz CT molecular complexity index is 1500. The van der Waals surface area contributed by atoms with E-state index in [0.717, 1.165) is 29.7 Å². The summed E-state index contributed by atoms with van der Waals surface area (Å²) in [5.74, 6) is 0.0329. The number of benzene rings is 3. The number of aryl methyl sites for hydroxylation is 1. The third-order valence-electron chi connectivity index (χ3n) is 7.31. The Labute approximate surface area is 250 Å². The van der Waals surface area contributed by atoms with Gasteiger partial charge in [-0.05, 0) is 61.1 Å². The van der Waals surface area contributed by atoms with Crippen molar-refractivity contribution in [2.45, 2.75) is 57.2 Å². The smallest absolute Gasteiger partial charge is 0.259 e. The maximum Gasteiger partial charge on any atom is 0.259 e. The Morgan fingerprint density at radius 2 is 1.69 bits per heavy atom. The van der Waals surface area contributed by atoms with Gasteiger partial charge in [0.15, 0.2) is 5.17 Å². The summed E-state index contributed by atoms with van der Waals surface area (Å²) in [7, 11) is 0. The van der Waals surface area contributed by atoms with Crippen LogP contribution in [-0.2, 0) is 27.2 Å². The second kappa shape index (κ2) is 13.6. The van der Waals surface area contributed by atoms with Gasteiger partial charge < -0.3 is 10.6 Å². The van der Waals surface area contributed by atoms with Crippen LogP contribution in [0.4, 0.5) is 11.4 Å². The first kappa shape index (κ1) is 29.3. The number of fused-ring (bicyclic) bond motifs is 3. The van der Waals surface area contributed by atoms with Gasteiger partial charge in [0.2, 0.25) is 11.8 Å². The number of anilines is 1. The molecule has 0 radical (unpaired) electrons. The second-order valence-electron chi connectivity index (χ2n) is 10.2. The molecule has 2 atom stereocenters. The Balaban J connectivity index is 1.25. The van der Waals surface area contributed by atoms with Crippen molar-refractivity contribution in [3.8, 4) is 0 Å². The molecule has 0 aromatic heterocycles. The predicted molar refractivity (Wildman–Crippen MR) is 169 cm³/mol. The van der Waals surface area contributed by atoms with Crippen molar-refractivity contribution in [3.05, 3.63) is 95.6 Å². The Hall–Kier alpha value is -4.24. The lowest BCUT2D eigenvalue weighted by molar-refractivity contribution is -0.125. The fourth-order valence-corrected chi connectivity index (χ4v) is 5.93. The minimum absolute atomic E-state index is 0.109. The summed E-state index contributed by atoms with van der Waals surface area (Å²) in [6, 6.07) is 24.6. The normalized spacial score (nSPS) is 16.2. The largest absolute Gasteiger partial charge is 0.356 e. The van der Waals surface area contributed by atoms with E-state index in [4.69, 9.17) is 9.98 Å². The second-order valence-corrected chi connectivity index (χ2v) is 11.4. The van der Waals surface area contributed by atoms with Crippen LogP contribution in [0.5, 0.6) is 0 Å². The highest BCUT2D eigenvalue weighted by molar-refractivity contribution is 8.15. The van der Waals surface area contributed by atoms with E-state index in [9.17, 15) is 14.4 Å². The summed E-state index contributed by atoms with van der Waals surface area (Å²) in [5.41, 5.74) is 4.55. The number of amidine groups is 2. The molecule has 5 rings (SSSR count). The lowest BCUT2D eigenvalue weighted by Crippen LogP contribution is -2.42. The SMILES string of the molecule is CCc1ccc(NC(=O)[C@@H](CC)SC2=Nc3ccccc3C3=N[C@@H](CCC(=O)NCCc4ccccc4)C(=O)N23)cc1. The number of hydrogen-bond donors (Lipinski definition) is 2. The maximum absolute atomic E-state index is 13.6. The van der Waals surface area contributed by atoms with Crippen molar-refractivity contribution in [3.63, 3.8) is 0 Å². The molecule has 3 aromatic carbocycles. The number of carbonyl (C=O) groups excluding carboxylic acids is 3. The summed E-state index contributed by atoms with van der Waals surface area (Å²) in [6.45, 7) is 4.56. The van der Waals surface area contributed by atoms with Gasteiger partial charge in [0.25, 0.3) is 5.91 Å². The molecule has 2 N–H and O–H groups in total. The zero-order valence-electron chi connectivity index (χ0n) is 23.9. The molecule has 0 spiro atoms. The van der Waals surface area contributed by atoms with E-state index < -0.39 is 11.3 Å². The van der Waals surface area contributed by atoms with E-state index >= 15 is 0 Å². The molecule has 0 unspecified atom stereocenters. The molecular formula is C33H35N5O3S. The summed E-state index contributed by atoms with van der Waals surface area (Å²) >= 11 is 1.26. The third kappa shape index (κ3) is 6.79. The molecule has 2 heterocycles. The van der Waals surface area contributed by atoms with Crippen molar-refractivity contribution in [1.29, 1.82) is 0 Å². The fraction of sp³-hybridized carbons (Fsp3) is 0.303. The van der Waals surface area contributed by atoms with E-state index in [1.807, 2.05) is 85.8 Å². The summed E-state index contributed by atoms with van der Waals surface area (Å²) in [4.78, 5) is 50.5. The zero-order chi connectivity index (χ0) is 29.5. The van der Waals surface area contributed by atoms with Crippen LogP contribution in [0.1, 0.15) is 49.8 Å². The number of amides is 3. The van der Waals surface area contributed by atoms with Crippen LogP contribution in [0.25, 0.3) is 0 Å². The van der Waals surface area contributed by atoms with Crippen molar-refractivity contribution in [2.75, 3.05) is 11.9 Å². The molecule has 8 nitrogen and oxygen atoms in total. The van der Waals surface area contributed by atoms with E-state index in [2.05, 4.69) is 17.6 Å². The minimum atomic E-state index is -0.692. The standard InChI is InChI=1S/C33H35N5O3S/c1-3-22-14-16-24(17-15-22)35-31(40)28(4-2)42-33-37-26-13-9-8-12-25(26)30-36-27(32(41)38(30)33)18-19-29(39)34-21-20-23-10-6-5-7-11-23/h5-17,27-28H,3-4,18-21H2,1-2H3,(H,34,39)(H,35,40)/t27-,28+/m0/s1. The summed E-state index contributed by atoms with van der Waals surface area (Å²) in [6.07, 6.45) is 2.70. The quantitative estimate of drug-likeness (QED) is 0.312. The van der Waals surface area contributed by atoms with Crippen molar-refractivity contribution >= 4 is 51.9 Å². The van der Waals surface area contributed by atoms with E-state index in [-0.39, 0.29) is 24.1 Å². The van der Waals surface area contributed by atoms with Gasteiger partial charge in [0.05, 0.1) is 10.9 Å². The predicted octanol–water partition coefficient (Wildman–Crippen LogP) is 5.50. The average molecular weight is 582 g/mol. The fourth-order valence-electron chi connectivity index (χ4n) is 4.91. The highest BCUT2D eigenvalue weighted by Gasteiger charge is 2.42. The van der Waals surface area contributed by atoms with Crippen LogP contribution in [0.3, 0.4) is 0 Å². The van der Waals surface area contributed by atoms with Crippen LogP contribution in [0.15, 0.2) is 88.8 Å². The molecule has 2 aliphatic rings. The van der Waals surface area contributed by atoms with E-state index in [0.29, 0.717) is 36.1 Å². The average Bonchev–Trinajstić information content (AvgIpc) is 3.36. The highest BCUT2D eigenvalue weighted by atomic mass is 32.2. The van der Waals surface area contributed by atoms with Crippen LogP contribution >= 0.6 is 11.8 Å². The number of rotatable bonds is 11. The maximum atomic E-state index is 13.6. The molecule has 2 aliphatic heterocycles. The highest BCUT2D eigenvalue weighted by Crippen LogP contribution is 2.36. The molecule has 0 fully saturated rings. The van der Waals surface area contributed by atoms with E-state index in [1.54, 1.807) is 0 Å². The van der Waals surface area contributed by atoms with Crippen molar-refractivity contribution in [1.82, 2.24) is 10.2 Å². The number of para-hydroxylation sites is 1. The van der Waals surface area contributed by atoms with Crippen LogP contribution in [0, 0.1) is 0 Å². The van der Waals surface area contributed by atoms with Gasteiger partial charge in [0, 0.05) is 24.2 Å². The van der Waals surface area contributed by atoms with E-state index in [1.165, 1.54) is 22.2 Å². The molecular weight excluding hydrogens is 546 g/mol. The number of carbonyl (C=O) groups is 3. The van der Waals surface area contributed by atoms with Crippen LogP contribution in [-0.4, -0.2) is 51.5 Å². The van der Waals surface area contributed by atoms with Gasteiger partial charge in [-0.3, -0.25) is 19.4 Å². The molecule has 42 heavy (non-hydrogen) atoms. The molecule has 216 valence electrons. The Kier molecular flexibility index (Phi) is 9.48. The number of nitrogens with zero attached hydrogens (tertiary/aromatic N) is 3. The number of nitrogens with one attached hydrogen (secondary N) is 2. The van der Waals surface area contributed by atoms with Gasteiger partial charge in [-0.1, -0.05) is 80.2 Å². The molecule has 0 aliphatic carbocycles. The molecule has 0 bridgehead atoms. The van der Waals surface area contributed by atoms with Gasteiger partial charge in [-0.15, -0.1) is 0 Å². The van der Waals surface area contributed by atoms with Gasteiger partial charge in [-0.25, -0.2) is 9.89 Å². The van der Waals surface area contributed by atoms with Crippen molar-refractivity contribution in [2.24, 2.45) is 9.98 Å². The number of hydrogen-bond acceptors (Lipinski definition) is 6. The lowest BCUT2D eigenvalue weighted by Gasteiger charge is -2.27. The third-order valence-corrected chi connectivity index (χ3v) is 8.63. The summed E-state index contributed by atoms with van der Waals surface area (Å²) < 4.78 is 0. The van der Waals surface area contributed by atoms with Crippen molar-refractivity contribution < 1.29 is 14.4 Å². The first-order valence-electron chi connectivity index (χ1n) is 14.4. The Morgan fingerprint density at radius 1 is 0.952 bits per heavy atom. The topological polar surface area (TPSA) is 103 Å². The molecule has 0 saturated carbocycles. The number of aliphatic imine (C=N–C) groups is 2. The monoisotopic (exact) mass is 581 g/mol. The molecule has 0 saturated heterocycles. The first-order valence-corrected chi connectivity index (χ1v) is 15.3. The minimum Gasteiger partial charge on any atom is -0.356 e. The van der Waals surface area contributed by atoms with Gasteiger partial charge in [0.1, 0.15) is 11.9 Å². The summed E-state index contributed by atoms with van der Waals surface area (Å²) in [5, 5.41) is 5.90. The lowest BCUT2D eigenvalue weighted by atomic mass is 10.1. The number of thioether (sulfide) groups is 1. The Morgan fingerprint density at radius 3 is 2.43 bits per heavy atom. The van der Waals surface area contributed by atoms with Gasteiger partial charge in [-0.2, -0.15) is 0 Å². The molecule has 3 amide bonds. The van der Waals surface area contributed by atoms with Gasteiger partial charge >= 0.3 is 0 Å². The molecule has 9 heteroatoms. The van der Waals surface area contributed by atoms with Crippen LogP contribution in [0.2, 0.25) is 0 Å². The molecule has 3 aromatic rings.